The Hall–Kier alpha value is -3.04. The third-order valence-electron chi connectivity index (χ3n) is 4.96. The molecule has 1 aliphatic heterocycles. The fourth-order valence-corrected chi connectivity index (χ4v) is 4.84. The highest BCUT2D eigenvalue weighted by molar-refractivity contribution is 7.93. The highest BCUT2D eigenvalue weighted by atomic mass is 32.2. The van der Waals surface area contributed by atoms with Crippen LogP contribution in [0.15, 0.2) is 53.6 Å². The molecule has 4 aromatic rings. The normalized spacial score (nSPS) is 17.2. The molecular formula is C20H17FN4O3S. The first-order valence-electron chi connectivity index (χ1n) is 9.18. The number of imidazole rings is 1. The number of benzene rings is 2. The maximum Gasteiger partial charge on any atom is 0.262 e. The van der Waals surface area contributed by atoms with Crippen molar-refractivity contribution in [2.75, 3.05) is 11.3 Å². The average Bonchev–Trinajstić information content (AvgIpc) is 3.37. The number of ether oxygens (including phenoxy) is 1. The van der Waals surface area contributed by atoms with E-state index < -0.39 is 15.8 Å². The van der Waals surface area contributed by atoms with E-state index in [2.05, 4.69) is 19.7 Å². The van der Waals surface area contributed by atoms with E-state index in [0.29, 0.717) is 17.8 Å². The summed E-state index contributed by atoms with van der Waals surface area (Å²) in [5.41, 5.74) is 1.83. The van der Waals surface area contributed by atoms with Gasteiger partial charge in [0.2, 0.25) is 0 Å². The SMILES string of the molecule is O=S(=O)(Nc1ccc2nc(C3CCCO3)[nH]c2c1)c1ccc(F)c2ncccc12. The fourth-order valence-electron chi connectivity index (χ4n) is 3.60. The van der Waals surface area contributed by atoms with Crippen LogP contribution in [0, 0.1) is 5.82 Å². The van der Waals surface area contributed by atoms with Gasteiger partial charge in [-0.3, -0.25) is 9.71 Å². The summed E-state index contributed by atoms with van der Waals surface area (Å²) in [5, 5.41) is 0.225. The molecule has 5 rings (SSSR count). The molecule has 0 bridgehead atoms. The molecule has 0 amide bonds. The lowest BCUT2D eigenvalue weighted by Crippen LogP contribution is -2.13. The number of aromatic nitrogens is 3. The number of rotatable bonds is 4. The fraction of sp³-hybridized carbons (Fsp3) is 0.200. The first-order chi connectivity index (χ1) is 14.0. The molecule has 2 aromatic carbocycles. The molecule has 2 N–H and O–H groups in total. The predicted octanol–water partition coefficient (Wildman–Crippen LogP) is 3.90. The standard InChI is InChI=1S/C20H17FN4O3S/c21-14-6-8-18(13-3-1-9-22-19(13)14)29(26,27)25-12-5-7-15-16(11-12)24-20(23-15)17-4-2-10-28-17/h1,3,5-9,11,17,25H,2,4,10H2,(H,23,24). The minimum absolute atomic E-state index is 0.0144. The molecule has 0 aliphatic carbocycles. The van der Waals surface area contributed by atoms with Crippen molar-refractivity contribution < 1.29 is 17.5 Å². The van der Waals surface area contributed by atoms with Gasteiger partial charge in [-0.25, -0.2) is 17.8 Å². The Morgan fingerprint density at radius 3 is 2.93 bits per heavy atom. The smallest absolute Gasteiger partial charge is 0.262 e. The van der Waals surface area contributed by atoms with Crippen molar-refractivity contribution in [1.82, 2.24) is 15.0 Å². The molecule has 1 aliphatic rings. The number of hydrogen-bond donors (Lipinski definition) is 2. The van der Waals surface area contributed by atoms with Crippen LogP contribution in [-0.4, -0.2) is 30.0 Å². The summed E-state index contributed by atoms with van der Waals surface area (Å²) in [6, 6.07) is 10.5. The summed E-state index contributed by atoms with van der Waals surface area (Å²) in [6.07, 6.45) is 3.27. The van der Waals surface area contributed by atoms with E-state index >= 15 is 0 Å². The van der Waals surface area contributed by atoms with Gasteiger partial charge in [0.25, 0.3) is 10.0 Å². The zero-order chi connectivity index (χ0) is 20.0. The number of fused-ring (bicyclic) bond motifs is 2. The predicted molar refractivity (Wildman–Crippen MR) is 107 cm³/mol. The van der Waals surface area contributed by atoms with Gasteiger partial charge in [-0.2, -0.15) is 0 Å². The molecule has 29 heavy (non-hydrogen) atoms. The lowest BCUT2D eigenvalue weighted by Gasteiger charge is -2.10. The van der Waals surface area contributed by atoms with Gasteiger partial charge in [-0.05, 0) is 55.3 Å². The number of halogens is 1. The van der Waals surface area contributed by atoms with Crippen LogP contribution in [0.4, 0.5) is 10.1 Å². The van der Waals surface area contributed by atoms with Gasteiger partial charge >= 0.3 is 0 Å². The quantitative estimate of drug-likeness (QED) is 0.530. The molecule has 0 radical (unpaired) electrons. The number of nitrogens with one attached hydrogen (secondary N) is 2. The molecule has 0 saturated carbocycles. The van der Waals surface area contributed by atoms with E-state index in [4.69, 9.17) is 4.74 Å². The molecular weight excluding hydrogens is 395 g/mol. The number of H-pyrrole nitrogens is 1. The van der Waals surface area contributed by atoms with Gasteiger partial charge in [0.15, 0.2) is 0 Å². The molecule has 3 heterocycles. The summed E-state index contributed by atoms with van der Waals surface area (Å²) in [6.45, 7) is 0.716. The number of aromatic amines is 1. The summed E-state index contributed by atoms with van der Waals surface area (Å²) in [4.78, 5) is 11.7. The summed E-state index contributed by atoms with van der Waals surface area (Å²) in [7, 11) is -3.95. The van der Waals surface area contributed by atoms with Gasteiger partial charge in [0.1, 0.15) is 23.3 Å². The van der Waals surface area contributed by atoms with Crippen molar-refractivity contribution in [1.29, 1.82) is 0 Å². The number of anilines is 1. The van der Waals surface area contributed by atoms with Gasteiger partial charge < -0.3 is 9.72 Å². The summed E-state index contributed by atoms with van der Waals surface area (Å²) < 4.78 is 48.1. The average molecular weight is 412 g/mol. The van der Waals surface area contributed by atoms with E-state index in [-0.39, 0.29) is 21.9 Å². The number of nitrogens with zero attached hydrogens (tertiary/aromatic N) is 2. The maximum absolute atomic E-state index is 14.0. The molecule has 0 spiro atoms. The largest absolute Gasteiger partial charge is 0.370 e. The Balaban J connectivity index is 1.50. The van der Waals surface area contributed by atoms with Crippen molar-refractivity contribution >= 4 is 37.6 Å². The van der Waals surface area contributed by atoms with Crippen molar-refractivity contribution in [3.8, 4) is 0 Å². The van der Waals surface area contributed by atoms with Crippen LogP contribution in [-0.2, 0) is 14.8 Å². The minimum Gasteiger partial charge on any atom is -0.370 e. The van der Waals surface area contributed by atoms with E-state index in [0.717, 1.165) is 30.2 Å². The number of hydrogen-bond acceptors (Lipinski definition) is 5. The van der Waals surface area contributed by atoms with Crippen molar-refractivity contribution in [3.05, 3.63) is 60.3 Å². The topological polar surface area (TPSA) is 97.0 Å². The third kappa shape index (κ3) is 3.22. The Kier molecular flexibility index (Phi) is 4.21. The van der Waals surface area contributed by atoms with Crippen LogP contribution in [0.25, 0.3) is 21.9 Å². The molecule has 1 saturated heterocycles. The zero-order valence-corrected chi connectivity index (χ0v) is 16.0. The Morgan fingerprint density at radius 2 is 2.10 bits per heavy atom. The van der Waals surface area contributed by atoms with Gasteiger partial charge in [0, 0.05) is 18.2 Å². The van der Waals surface area contributed by atoms with Crippen LogP contribution >= 0.6 is 0 Å². The van der Waals surface area contributed by atoms with Crippen molar-refractivity contribution in [3.63, 3.8) is 0 Å². The Morgan fingerprint density at radius 1 is 1.21 bits per heavy atom. The lowest BCUT2D eigenvalue weighted by atomic mass is 10.2. The Bertz CT molecular complexity index is 1330. The summed E-state index contributed by atoms with van der Waals surface area (Å²) in [5.74, 6) is 0.174. The molecule has 9 heteroatoms. The van der Waals surface area contributed by atoms with Gasteiger partial charge in [0.05, 0.1) is 21.6 Å². The lowest BCUT2D eigenvalue weighted by molar-refractivity contribution is 0.106. The molecule has 1 atom stereocenters. The molecule has 1 unspecified atom stereocenters. The second-order valence-corrected chi connectivity index (χ2v) is 8.56. The second kappa shape index (κ2) is 6.78. The summed E-state index contributed by atoms with van der Waals surface area (Å²) >= 11 is 0. The second-order valence-electron chi connectivity index (χ2n) is 6.91. The first-order valence-corrected chi connectivity index (χ1v) is 10.7. The Labute approximate surface area is 166 Å². The van der Waals surface area contributed by atoms with E-state index in [1.165, 1.54) is 18.3 Å². The van der Waals surface area contributed by atoms with Gasteiger partial charge in [-0.1, -0.05) is 0 Å². The monoisotopic (exact) mass is 412 g/mol. The van der Waals surface area contributed by atoms with Crippen molar-refractivity contribution in [2.45, 2.75) is 23.8 Å². The molecule has 2 aromatic heterocycles. The molecule has 148 valence electrons. The first kappa shape index (κ1) is 18.0. The van der Waals surface area contributed by atoms with Crippen LogP contribution in [0.5, 0.6) is 0 Å². The van der Waals surface area contributed by atoms with E-state index in [1.54, 1.807) is 24.3 Å². The van der Waals surface area contributed by atoms with Crippen LogP contribution < -0.4 is 4.72 Å². The van der Waals surface area contributed by atoms with Crippen LogP contribution in [0.2, 0.25) is 0 Å². The van der Waals surface area contributed by atoms with E-state index in [9.17, 15) is 12.8 Å². The zero-order valence-electron chi connectivity index (χ0n) is 15.2. The van der Waals surface area contributed by atoms with Crippen molar-refractivity contribution in [2.24, 2.45) is 0 Å². The molecule has 1 fully saturated rings. The minimum atomic E-state index is -3.95. The van der Waals surface area contributed by atoms with Gasteiger partial charge in [-0.15, -0.1) is 0 Å². The number of pyridine rings is 1. The van der Waals surface area contributed by atoms with Crippen LogP contribution in [0.3, 0.4) is 0 Å². The third-order valence-corrected chi connectivity index (χ3v) is 6.40. The maximum atomic E-state index is 14.0. The van der Waals surface area contributed by atoms with Crippen LogP contribution in [0.1, 0.15) is 24.8 Å². The molecule has 7 nitrogen and oxygen atoms in total. The highest BCUT2D eigenvalue weighted by Crippen LogP contribution is 2.30. The van der Waals surface area contributed by atoms with E-state index in [1.807, 2.05) is 0 Å². The number of sulfonamides is 1. The highest BCUT2D eigenvalue weighted by Gasteiger charge is 2.22.